The van der Waals surface area contributed by atoms with E-state index < -0.39 is 0 Å². The molecule has 3 rings (SSSR count). The van der Waals surface area contributed by atoms with Crippen molar-refractivity contribution in [3.63, 3.8) is 0 Å². The van der Waals surface area contributed by atoms with E-state index in [9.17, 15) is 0 Å². The van der Waals surface area contributed by atoms with Gasteiger partial charge in [-0.05, 0) is 36.4 Å². The van der Waals surface area contributed by atoms with Gasteiger partial charge >= 0.3 is 0 Å². The summed E-state index contributed by atoms with van der Waals surface area (Å²) in [6, 6.07) is 12.9. The highest BCUT2D eigenvalue weighted by Gasteiger charge is 2.06. The summed E-state index contributed by atoms with van der Waals surface area (Å²) in [5, 5.41) is 13.6. The zero-order chi connectivity index (χ0) is 13.9. The van der Waals surface area contributed by atoms with E-state index in [1.54, 1.807) is 18.3 Å². The smallest absolute Gasteiger partial charge is 0.203 e. The lowest BCUT2D eigenvalue weighted by Gasteiger charge is -2.09. The number of furan rings is 1. The molecule has 1 N–H and O–H groups in total. The summed E-state index contributed by atoms with van der Waals surface area (Å²) in [7, 11) is 0. The summed E-state index contributed by atoms with van der Waals surface area (Å²) in [5.74, 6) is 1.01. The van der Waals surface area contributed by atoms with E-state index in [-0.39, 0.29) is 0 Å². The van der Waals surface area contributed by atoms with Crippen molar-refractivity contribution < 1.29 is 4.42 Å². The molecule has 0 unspecified atom stereocenters. The third-order valence-corrected chi connectivity index (χ3v) is 3.25. The van der Waals surface area contributed by atoms with Gasteiger partial charge in [0, 0.05) is 17.3 Å². The standard InChI is InChI=1S/C15H10ClN3O/c16-13-5-6-14(12-2-1-7-18-15(12)13)19-9-11-4-3-10(8-17)20-11/h1-7,19H,9H2. The van der Waals surface area contributed by atoms with Crippen LogP contribution in [0, 0.1) is 11.3 Å². The molecule has 0 aliphatic heterocycles. The van der Waals surface area contributed by atoms with Crippen LogP contribution in [0.1, 0.15) is 11.5 Å². The van der Waals surface area contributed by atoms with Crippen molar-refractivity contribution >= 4 is 28.2 Å². The topological polar surface area (TPSA) is 61.9 Å². The van der Waals surface area contributed by atoms with Crippen molar-refractivity contribution in [2.75, 3.05) is 5.32 Å². The summed E-state index contributed by atoms with van der Waals surface area (Å²) in [6.07, 6.45) is 1.71. The van der Waals surface area contributed by atoms with Crippen LogP contribution in [0.2, 0.25) is 5.02 Å². The van der Waals surface area contributed by atoms with Crippen LogP contribution in [-0.4, -0.2) is 4.98 Å². The minimum atomic E-state index is 0.310. The Labute approximate surface area is 120 Å². The zero-order valence-corrected chi connectivity index (χ0v) is 11.2. The Hall–Kier alpha value is -2.51. The number of halogens is 1. The molecule has 0 radical (unpaired) electrons. The van der Waals surface area contributed by atoms with Crippen molar-refractivity contribution in [3.05, 3.63) is 59.1 Å². The molecule has 2 heterocycles. The Morgan fingerprint density at radius 2 is 2.15 bits per heavy atom. The van der Waals surface area contributed by atoms with Crippen molar-refractivity contribution in [1.29, 1.82) is 5.26 Å². The normalized spacial score (nSPS) is 10.4. The van der Waals surface area contributed by atoms with E-state index in [1.807, 2.05) is 30.3 Å². The maximum Gasteiger partial charge on any atom is 0.203 e. The van der Waals surface area contributed by atoms with Gasteiger partial charge in [0.15, 0.2) is 0 Å². The fourth-order valence-corrected chi connectivity index (χ4v) is 2.22. The Balaban J connectivity index is 1.88. The molecule has 0 atom stereocenters. The number of benzene rings is 1. The second-order valence-electron chi connectivity index (χ2n) is 4.23. The van der Waals surface area contributed by atoms with Crippen LogP contribution in [0.4, 0.5) is 5.69 Å². The largest absolute Gasteiger partial charge is 0.449 e. The number of rotatable bonds is 3. The quantitative estimate of drug-likeness (QED) is 0.790. The summed E-state index contributed by atoms with van der Waals surface area (Å²) in [4.78, 5) is 4.28. The van der Waals surface area contributed by atoms with Crippen molar-refractivity contribution in [1.82, 2.24) is 4.98 Å². The maximum atomic E-state index is 8.72. The van der Waals surface area contributed by atoms with Gasteiger partial charge in [0.2, 0.25) is 5.76 Å². The van der Waals surface area contributed by atoms with Crippen molar-refractivity contribution in [3.8, 4) is 6.07 Å². The average Bonchev–Trinajstić information content (AvgIpc) is 2.95. The van der Waals surface area contributed by atoms with Crippen LogP contribution in [0.15, 0.2) is 47.0 Å². The van der Waals surface area contributed by atoms with Crippen LogP contribution in [0.5, 0.6) is 0 Å². The van der Waals surface area contributed by atoms with Gasteiger partial charge in [0.25, 0.3) is 0 Å². The number of fused-ring (bicyclic) bond motifs is 1. The average molecular weight is 284 g/mol. The van der Waals surface area contributed by atoms with E-state index >= 15 is 0 Å². The number of hydrogen-bond donors (Lipinski definition) is 1. The first kappa shape index (κ1) is 12.5. The number of hydrogen-bond acceptors (Lipinski definition) is 4. The maximum absolute atomic E-state index is 8.72. The molecular weight excluding hydrogens is 274 g/mol. The van der Waals surface area contributed by atoms with Gasteiger partial charge in [0.1, 0.15) is 11.8 Å². The van der Waals surface area contributed by atoms with Crippen LogP contribution in [0.3, 0.4) is 0 Å². The predicted octanol–water partition coefficient (Wildman–Crippen LogP) is 3.96. The summed E-state index contributed by atoms with van der Waals surface area (Å²) >= 11 is 6.12. The molecule has 0 saturated carbocycles. The van der Waals surface area contributed by atoms with E-state index in [0.29, 0.717) is 23.1 Å². The van der Waals surface area contributed by atoms with Gasteiger partial charge in [-0.1, -0.05) is 11.6 Å². The number of nitrogens with zero attached hydrogens (tertiary/aromatic N) is 2. The molecule has 0 aliphatic carbocycles. The molecule has 2 aromatic heterocycles. The fourth-order valence-electron chi connectivity index (χ4n) is 2.01. The van der Waals surface area contributed by atoms with E-state index in [1.165, 1.54) is 0 Å². The third-order valence-electron chi connectivity index (χ3n) is 2.95. The molecule has 20 heavy (non-hydrogen) atoms. The van der Waals surface area contributed by atoms with Crippen LogP contribution in [0.25, 0.3) is 10.9 Å². The van der Waals surface area contributed by atoms with E-state index in [4.69, 9.17) is 21.3 Å². The second kappa shape index (κ2) is 5.24. The first-order valence-electron chi connectivity index (χ1n) is 6.04. The number of nitriles is 1. The molecule has 0 amide bonds. The van der Waals surface area contributed by atoms with Gasteiger partial charge in [-0.25, -0.2) is 0 Å². The molecular formula is C15H10ClN3O. The number of anilines is 1. The molecule has 3 aromatic rings. The highest BCUT2D eigenvalue weighted by molar-refractivity contribution is 6.35. The van der Waals surface area contributed by atoms with Gasteiger partial charge in [0.05, 0.1) is 17.1 Å². The van der Waals surface area contributed by atoms with Crippen molar-refractivity contribution in [2.24, 2.45) is 0 Å². The van der Waals surface area contributed by atoms with E-state index in [2.05, 4.69) is 10.3 Å². The van der Waals surface area contributed by atoms with Crippen LogP contribution >= 0.6 is 11.6 Å². The van der Waals surface area contributed by atoms with Crippen molar-refractivity contribution in [2.45, 2.75) is 6.54 Å². The second-order valence-corrected chi connectivity index (χ2v) is 4.63. The first-order chi connectivity index (χ1) is 9.78. The molecule has 98 valence electrons. The molecule has 0 spiro atoms. The zero-order valence-electron chi connectivity index (χ0n) is 10.4. The minimum Gasteiger partial charge on any atom is -0.449 e. The molecule has 1 aromatic carbocycles. The molecule has 0 saturated heterocycles. The van der Waals surface area contributed by atoms with E-state index in [0.717, 1.165) is 16.6 Å². The Bertz CT molecular complexity index is 804. The number of aromatic nitrogens is 1. The third kappa shape index (κ3) is 2.31. The van der Waals surface area contributed by atoms with Gasteiger partial charge in [-0.15, -0.1) is 0 Å². The van der Waals surface area contributed by atoms with Gasteiger partial charge in [-0.2, -0.15) is 5.26 Å². The fraction of sp³-hybridized carbons (Fsp3) is 0.0667. The Morgan fingerprint density at radius 3 is 2.95 bits per heavy atom. The lowest BCUT2D eigenvalue weighted by Crippen LogP contribution is -1.99. The lowest BCUT2D eigenvalue weighted by atomic mass is 10.2. The SMILES string of the molecule is N#Cc1ccc(CNc2ccc(Cl)c3ncccc23)o1. The summed E-state index contributed by atoms with van der Waals surface area (Å²) in [5.41, 5.74) is 1.68. The van der Waals surface area contributed by atoms with Crippen LogP contribution in [-0.2, 0) is 6.54 Å². The first-order valence-corrected chi connectivity index (χ1v) is 6.41. The monoisotopic (exact) mass is 283 g/mol. The molecule has 5 heteroatoms. The molecule has 0 fully saturated rings. The highest BCUT2D eigenvalue weighted by atomic mass is 35.5. The minimum absolute atomic E-state index is 0.310. The summed E-state index contributed by atoms with van der Waals surface area (Å²) < 4.78 is 5.33. The lowest BCUT2D eigenvalue weighted by molar-refractivity contribution is 0.506. The Morgan fingerprint density at radius 1 is 1.25 bits per heavy atom. The number of pyridine rings is 1. The molecule has 4 nitrogen and oxygen atoms in total. The van der Waals surface area contributed by atoms with Gasteiger partial charge < -0.3 is 9.73 Å². The summed E-state index contributed by atoms with van der Waals surface area (Å²) in [6.45, 7) is 0.493. The predicted molar refractivity (Wildman–Crippen MR) is 77.5 cm³/mol. The number of nitrogens with one attached hydrogen (secondary N) is 1. The van der Waals surface area contributed by atoms with Gasteiger partial charge in [-0.3, -0.25) is 4.98 Å². The molecule has 0 bridgehead atoms. The Kier molecular flexibility index (Phi) is 3.28. The molecule has 0 aliphatic rings. The highest BCUT2D eigenvalue weighted by Crippen LogP contribution is 2.28. The van der Waals surface area contributed by atoms with Crippen LogP contribution < -0.4 is 5.32 Å².